The van der Waals surface area contributed by atoms with Crippen LogP contribution in [0.2, 0.25) is 0 Å². The van der Waals surface area contributed by atoms with Gasteiger partial charge in [0.05, 0.1) is 13.7 Å². The van der Waals surface area contributed by atoms with Gasteiger partial charge in [-0.05, 0) is 31.5 Å². The topological polar surface area (TPSA) is 44.8 Å². The van der Waals surface area contributed by atoms with Crippen LogP contribution in [0.4, 0.5) is 0 Å². The summed E-state index contributed by atoms with van der Waals surface area (Å²) >= 11 is 0. The van der Waals surface area contributed by atoms with Crippen LogP contribution in [0.1, 0.15) is 12.5 Å². The first-order valence-electron chi connectivity index (χ1n) is 5.28. The van der Waals surface area contributed by atoms with Gasteiger partial charge in [-0.1, -0.05) is 6.58 Å². The number of ether oxygens (including phenoxy) is 3. The van der Waals surface area contributed by atoms with Gasteiger partial charge in [-0.25, -0.2) is 4.79 Å². The molecule has 4 nitrogen and oxygen atoms in total. The van der Waals surface area contributed by atoms with Gasteiger partial charge < -0.3 is 14.2 Å². The second kappa shape index (κ2) is 5.94. The van der Waals surface area contributed by atoms with Crippen molar-refractivity contribution in [2.75, 3.05) is 13.7 Å². The van der Waals surface area contributed by atoms with E-state index in [0.29, 0.717) is 18.1 Å². The maximum absolute atomic E-state index is 11.2. The lowest BCUT2D eigenvalue weighted by Gasteiger charge is -2.14. The second-order valence-electron chi connectivity index (χ2n) is 3.35. The van der Waals surface area contributed by atoms with Crippen LogP contribution in [-0.2, 0) is 4.79 Å². The zero-order chi connectivity index (χ0) is 12.8. The molecule has 1 aromatic rings. The fourth-order valence-electron chi connectivity index (χ4n) is 1.36. The van der Waals surface area contributed by atoms with Gasteiger partial charge in [-0.3, -0.25) is 0 Å². The molecule has 0 fully saturated rings. The third-order valence-electron chi connectivity index (χ3n) is 2.05. The van der Waals surface area contributed by atoms with Gasteiger partial charge in [0.15, 0.2) is 11.5 Å². The predicted molar refractivity (Wildman–Crippen MR) is 64.7 cm³/mol. The van der Waals surface area contributed by atoms with E-state index in [1.807, 2.05) is 13.8 Å². The van der Waals surface area contributed by atoms with Crippen molar-refractivity contribution in [2.45, 2.75) is 13.8 Å². The highest BCUT2D eigenvalue weighted by Gasteiger charge is 2.15. The molecule has 0 aliphatic carbocycles. The number of aryl methyl sites for hydroxylation is 1. The Hall–Kier alpha value is -1.97. The summed E-state index contributed by atoms with van der Waals surface area (Å²) in [7, 11) is 1.51. The first-order valence-corrected chi connectivity index (χ1v) is 5.28. The molecule has 4 heteroatoms. The summed E-state index contributed by atoms with van der Waals surface area (Å²) in [5.74, 6) is 0.682. The standard InChI is InChI=1S/C13H16O4/c1-5-12(14)17-13-10(15-4)7-9(3)8-11(13)16-6-2/h5,7-8H,1,6H2,2-4H3. The molecule has 0 amide bonds. The molecule has 0 aliphatic rings. The molecule has 0 aromatic heterocycles. The lowest BCUT2D eigenvalue weighted by Crippen LogP contribution is -2.07. The van der Waals surface area contributed by atoms with Crippen molar-refractivity contribution in [3.63, 3.8) is 0 Å². The van der Waals surface area contributed by atoms with Crippen molar-refractivity contribution in [1.29, 1.82) is 0 Å². The molecule has 17 heavy (non-hydrogen) atoms. The van der Waals surface area contributed by atoms with Gasteiger partial charge in [-0.2, -0.15) is 0 Å². The number of rotatable bonds is 5. The van der Waals surface area contributed by atoms with Crippen LogP contribution in [0.15, 0.2) is 24.8 Å². The van der Waals surface area contributed by atoms with Gasteiger partial charge >= 0.3 is 5.97 Å². The number of esters is 1. The molecule has 0 spiro atoms. The molecular weight excluding hydrogens is 220 g/mol. The number of hydrogen-bond donors (Lipinski definition) is 0. The molecule has 0 saturated carbocycles. The van der Waals surface area contributed by atoms with Crippen molar-refractivity contribution in [2.24, 2.45) is 0 Å². The van der Waals surface area contributed by atoms with Gasteiger partial charge in [0.2, 0.25) is 5.75 Å². The number of benzene rings is 1. The monoisotopic (exact) mass is 236 g/mol. The highest BCUT2D eigenvalue weighted by atomic mass is 16.6. The van der Waals surface area contributed by atoms with Crippen molar-refractivity contribution in [3.05, 3.63) is 30.4 Å². The van der Waals surface area contributed by atoms with Crippen LogP contribution in [0.25, 0.3) is 0 Å². The molecule has 1 aromatic carbocycles. The lowest BCUT2D eigenvalue weighted by atomic mass is 10.2. The molecule has 0 atom stereocenters. The molecule has 0 aliphatic heterocycles. The van der Waals surface area contributed by atoms with Crippen molar-refractivity contribution in [3.8, 4) is 17.2 Å². The summed E-state index contributed by atoms with van der Waals surface area (Å²) in [5, 5.41) is 0. The van der Waals surface area contributed by atoms with Crippen LogP contribution in [0.5, 0.6) is 17.2 Å². The Bertz CT molecular complexity index is 424. The van der Waals surface area contributed by atoms with E-state index in [1.54, 1.807) is 12.1 Å². The zero-order valence-corrected chi connectivity index (χ0v) is 10.3. The average Bonchev–Trinajstić information content (AvgIpc) is 2.32. The van der Waals surface area contributed by atoms with E-state index in [-0.39, 0.29) is 5.75 Å². The minimum Gasteiger partial charge on any atom is -0.493 e. The lowest BCUT2D eigenvalue weighted by molar-refractivity contribution is -0.129. The van der Waals surface area contributed by atoms with Crippen LogP contribution in [-0.4, -0.2) is 19.7 Å². The van der Waals surface area contributed by atoms with Gasteiger partial charge in [0.25, 0.3) is 0 Å². The molecule has 0 radical (unpaired) electrons. The van der Waals surface area contributed by atoms with E-state index in [9.17, 15) is 4.79 Å². The number of carbonyl (C=O) groups excluding carboxylic acids is 1. The number of carbonyl (C=O) groups is 1. The Morgan fingerprint density at radius 3 is 2.59 bits per heavy atom. The maximum atomic E-state index is 11.2. The summed E-state index contributed by atoms with van der Waals surface area (Å²) in [6, 6.07) is 3.56. The molecule has 0 unspecified atom stereocenters. The third kappa shape index (κ3) is 3.24. The molecule has 0 N–H and O–H groups in total. The molecule has 0 bridgehead atoms. The first-order chi connectivity index (χ1) is 8.12. The second-order valence-corrected chi connectivity index (χ2v) is 3.35. The van der Waals surface area contributed by atoms with E-state index in [2.05, 4.69) is 6.58 Å². The maximum Gasteiger partial charge on any atom is 0.335 e. The Morgan fingerprint density at radius 1 is 1.41 bits per heavy atom. The fourth-order valence-corrected chi connectivity index (χ4v) is 1.36. The van der Waals surface area contributed by atoms with Crippen molar-refractivity contribution >= 4 is 5.97 Å². The summed E-state index contributed by atoms with van der Waals surface area (Å²) in [5.41, 5.74) is 0.962. The zero-order valence-electron chi connectivity index (χ0n) is 10.3. The molecule has 1 rings (SSSR count). The van der Waals surface area contributed by atoms with Crippen LogP contribution >= 0.6 is 0 Å². The van der Waals surface area contributed by atoms with E-state index < -0.39 is 5.97 Å². The largest absolute Gasteiger partial charge is 0.493 e. The minimum atomic E-state index is -0.548. The van der Waals surface area contributed by atoms with Crippen molar-refractivity contribution in [1.82, 2.24) is 0 Å². The molecule has 0 heterocycles. The SMILES string of the molecule is C=CC(=O)Oc1c(OC)cc(C)cc1OCC. The Labute approximate surface area is 101 Å². The van der Waals surface area contributed by atoms with Crippen LogP contribution in [0.3, 0.4) is 0 Å². The molecular formula is C13H16O4. The first kappa shape index (κ1) is 13.1. The average molecular weight is 236 g/mol. The molecule has 92 valence electrons. The van der Waals surface area contributed by atoms with E-state index in [0.717, 1.165) is 11.6 Å². The Morgan fingerprint density at radius 2 is 2.06 bits per heavy atom. The van der Waals surface area contributed by atoms with Crippen molar-refractivity contribution < 1.29 is 19.0 Å². The number of methoxy groups -OCH3 is 1. The third-order valence-corrected chi connectivity index (χ3v) is 2.05. The van der Waals surface area contributed by atoms with Crippen LogP contribution in [0, 0.1) is 6.92 Å². The van der Waals surface area contributed by atoms with E-state index >= 15 is 0 Å². The highest BCUT2D eigenvalue weighted by Crippen LogP contribution is 2.38. The van der Waals surface area contributed by atoms with E-state index in [4.69, 9.17) is 14.2 Å². The minimum absolute atomic E-state index is 0.282. The van der Waals surface area contributed by atoms with Gasteiger partial charge in [-0.15, -0.1) is 0 Å². The highest BCUT2D eigenvalue weighted by molar-refractivity contribution is 5.84. The van der Waals surface area contributed by atoms with E-state index in [1.165, 1.54) is 7.11 Å². The summed E-state index contributed by atoms with van der Waals surface area (Å²) in [4.78, 5) is 11.2. The molecule has 0 saturated heterocycles. The van der Waals surface area contributed by atoms with Gasteiger partial charge in [0, 0.05) is 6.08 Å². The normalized spacial score (nSPS) is 9.59. The Balaban J connectivity index is 3.20. The quantitative estimate of drug-likeness (QED) is 0.447. The predicted octanol–water partition coefficient (Wildman–Crippen LogP) is 2.49. The fraction of sp³-hybridized carbons (Fsp3) is 0.308. The van der Waals surface area contributed by atoms with Crippen LogP contribution < -0.4 is 14.2 Å². The number of hydrogen-bond acceptors (Lipinski definition) is 4. The van der Waals surface area contributed by atoms with Gasteiger partial charge in [0.1, 0.15) is 0 Å². The summed E-state index contributed by atoms with van der Waals surface area (Å²) in [6.07, 6.45) is 1.09. The summed E-state index contributed by atoms with van der Waals surface area (Å²) in [6.45, 7) is 7.59. The Kier molecular flexibility index (Phi) is 4.57. The summed E-state index contributed by atoms with van der Waals surface area (Å²) < 4.78 is 15.7. The smallest absolute Gasteiger partial charge is 0.335 e.